The van der Waals surface area contributed by atoms with Crippen LogP contribution in [0.2, 0.25) is 0 Å². The molecule has 0 aromatic heterocycles. The lowest BCUT2D eigenvalue weighted by Crippen LogP contribution is -2.18. The van der Waals surface area contributed by atoms with E-state index in [4.69, 9.17) is 4.12 Å². The second-order valence-corrected chi connectivity index (χ2v) is 3.58. The van der Waals surface area contributed by atoms with Gasteiger partial charge in [0.25, 0.3) is 9.76 Å². The molecule has 0 saturated carbocycles. The van der Waals surface area contributed by atoms with Gasteiger partial charge in [-0.2, -0.15) is 0 Å². The summed E-state index contributed by atoms with van der Waals surface area (Å²) in [4.78, 5) is 0. The third kappa shape index (κ3) is 1.80. The Morgan fingerprint density at radius 2 is 2.10 bits per heavy atom. The van der Waals surface area contributed by atoms with Crippen LogP contribution in [0.1, 0.15) is 5.56 Å². The maximum atomic E-state index is 4.84. The summed E-state index contributed by atoms with van der Waals surface area (Å²) in [7, 11) is 3.38. The van der Waals surface area contributed by atoms with Crippen LogP contribution in [0.15, 0.2) is 24.3 Å². The minimum Gasteiger partial charge on any atom is -0.454 e. The summed E-state index contributed by atoms with van der Waals surface area (Å²) in [6, 6.07) is 8.18. The highest BCUT2D eigenvalue weighted by molar-refractivity contribution is 6.51. The molecule has 0 unspecified atom stereocenters. The molecule has 0 aliphatic heterocycles. The molecule has 0 heterocycles. The Morgan fingerprint density at radius 3 is 2.70 bits per heavy atom. The van der Waals surface area contributed by atoms with Crippen molar-refractivity contribution in [1.82, 2.24) is 0 Å². The van der Waals surface area contributed by atoms with Crippen LogP contribution >= 0.6 is 0 Å². The van der Waals surface area contributed by atoms with Gasteiger partial charge in [-0.15, -0.1) is 0 Å². The van der Waals surface area contributed by atoms with Crippen LogP contribution in [0.25, 0.3) is 0 Å². The van der Waals surface area contributed by atoms with Crippen molar-refractivity contribution in [2.24, 2.45) is 0 Å². The van der Waals surface area contributed by atoms with Crippen LogP contribution < -0.4 is 5.19 Å². The molecule has 1 aromatic carbocycles. The van der Waals surface area contributed by atoms with Gasteiger partial charge >= 0.3 is 0 Å². The Balaban J connectivity index is 2.81. The van der Waals surface area contributed by atoms with Gasteiger partial charge in [-0.05, 0) is 17.7 Å². The first-order valence-electron chi connectivity index (χ1n) is 2.99. The van der Waals surface area contributed by atoms with E-state index in [1.165, 1.54) is 10.8 Å². The fourth-order valence-electron chi connectivity index (χ4n) is 0.742. The fraction of sp³-hybridized carbons (Fsp3) is 0.143. The minimum atomic E-state index is 0.400. The first-order valence-corrected chi connectivity index (χ1v) is 4.30. The largest absolute Gasteiger partial charge is 0.454 e. The van der Waals surface area contributed by atoms with E-state index in [0.29, 0.717) is 9.76 Å². The summed E-state index contributed by atoms with van der Waals surface area (Å²) in [5.41, 5.74) is 1.28. The average Bonchev–Trinajstić information content (AvgIpc) is 1.94. The maximum Gasteiger partial charge on any atom is 0.256 e. The highest BCUT2D eigenvalue weighted by Gasteiger charge is 1.95. The lowest BCUT2D eigenvalue weighted by molar-refractivity contribution is 0.676. The van der Waals surface area contributed by atoms with Crippen molar-refractivity contribution >= 4 is 25.4 Å². The lowest BCUT2D eigenvalue weighted by atomic mass is 10.2. The van der Waals surface area contributed by atoms with Crippen molar-refractivity contribution in [2.45, 2.75) is 6.92 Å². The predicted molar refractivity (Wildman–Crippen MR) is 43.4 cm³/mol. The number of rotatable bonds is 2. The quantitative estimate of drug-likeness (QED) is 0.571. The zero-order valence-corrected chi connectivity index (χ0v) is 7.72. The second kappa shape index (κ2) is 3.70. The van der Waals surface area contributed by atoms with Gasteiger partial charge in [-0.25, -0.2) is 0 Å². The number of aryl methyl sites for hydroxylation is 1. The van der Waals surface area contributed by atoms with Crippen LogP contribution in [0.4, 0.5) is 0 Å². The Kier molecular flexibility index (Phi) is 2.86. The normalized spacial score (nSPS) is 9.80. The van der Waals surface area contributed by atoms with E-state index in [1.807, 2.05) is 12.1 Å². The van der Waals surface area contributed by atoms with E-state index in [1.54, 1.807) is 0 Å². The zero-order valence-electron chi connectivity index (χ0n) is 5.72. The molecule has 1 rings (SSSR count). The molecule has 10 heavy (non-hydrogen) atoms. The van der Waals surface area contributed by atoms with E-state index in [0.717, 1.165) is 0 Å². The van der Waals surface area contributed by atoms with E-state index in [2.05, 4.69) is 29.5 Å². The van der Waals surface area contributed by atoms with Crippen LogP contribution in [-0.4, -0.2) is 20.2 Å². The summed E-state index contributed by atoms with van der Waals surface area (Å²) >= 11 is 0. The first-order chi connectivity index (χ1) is 4.84. The molecule has 0 N–H and O–H groups in total. The molecule has 0 aliphatic rings. The van der Waals surface area contributed by atoms with Crippen molar-refractivity contribution in [2.75, 3.05) is 0 Å². The molecule has 5 radical (unpaired) electrons. The minimum absolute atomic E-state index is 0.400. The van der Waals surface area contributed by atoms with Gasteiger partial charge in [0.15, 0.2) is 0 Å². The molecule has 49 valence electrons. The molecule has 0 aliphatic carbocycles. The summed E-state index contributed by atoms with van der Waals surface area (Å²) in [6.07, 6.45) is 0. The molecule has 0 spiro atoms. The Bertz CT molecular complexity index is 213. The number of benzene rings is 1. The van der Waals surface area contributed by atoms with Gasteiger partial charge < -0.3 is 4.12 Å². The standard InChI is InChI=1S/C7H7OSi2/c1-6-4-2-3-5-7(6)10-8-9/h2-5H,1H3. The van der Waals surface area contributed by atoms with Crippen LogP contribution in [0.3, 0.4) is 0 Å². The van der Waals surface area contributed by atoms with Crippen LogP contribution in [0.5, 0.6) is 0 Å². The van der Waals surface area contributed by atoms with Crippen LogP contribution in [-0.2, 0) is 4.12 Å². The first kappa shape index (κ1) is 7.72. The number of hydrogen-bond acceptors (Lipinski definition) is 1. The smallest absolute Gasteiger partial charge is 0.256 e. The SMILES string of the molecule is Cc1ccccc1[Si]O[Si]. The Morgan fingerprint density at radius 1 is 1.40 bits per heavy atom. The molecule has 0 atom stereocenters. The van der Waals surface area contributed by atoms with Crippen molar-refractivity contribution in [3.8, 4) is 0 Å². The van der Waals surface area contributed by atoms with Gasteiger partial charge in [0.05, 0.1) is 0 Å². The molecule has 3 heteroatoms. The second-order valence-electron chi connectivity index (χ2n) is 2.02. The highest BCUT2D eigenvalue weighted by Crippen LogP contribution is 1.90. The summed E-state index contributed by atoms with van der Waals surface area (Å²) in [5.74, 6) is 0. The van der Waals surface area contributed by atoms with Crippen molar-refractivity contribution in [3.63, 3.8) is 0 Å². The summed E-state index contributed by atoms with van der Waals surface area (Å²) in [6.45, 7) is 2.08. The molecule has 0 amide bonds. The molecular weight excluding hydrogens is 156 g/mol. The van der Waals surface area contributed by atoms with E-state index < -0.39 is 0 Å². The lowest BCUT2D eigenvalue weighted by Gasteiger charge is -1.99. The monoisotopic (exact) mass is 163 g/mol. The maximum absolute atomic E-state index is 4.84. The average molecular weight is 163 g/mol. The van der Waals surface area contributed by atoms with Crippen LogP contribution in [0, 0.1) is 6.92 Å². The predicted octanol–water partition coefficient (Wildman–Crippen LogP) is 0.340. The van der Waals surface area contributed by atoms with Crippen molar-refractivity contribution < 1.29 is 4.12 Å². The van der Waals surface area contributed by atoms with Crippen molar-refractivity contribution in [3.05, 3.63) is 29.8 Å². The van der Waals surface area contributed by atoms with Gasteiger partial charge in [-0.1, -0.05) is 24.3 Å². The zero-order chi connectivity index (χ0) is 7.40. The van der Waals surface area contributed by atoms with Gasteiger partial charge in [0.2, 0.25) is 10.5 Å². The Labute approximate surface area is 66.9 Å². The van der Waals surface area contributed by atoms with Gasteiger partial charge in [0, 0.05) is 0 Å². The highest BCUT2D eigenvalue weighted by atomic mass is 28.3. The summed E-state index contributed by atoms with van der Waals surface area (Å²) in [5, 5.41) is 1.25. The topological polar surface area (TPSA) is 9.23 Å². The third-order valence-corrected chi connectivity index (χ3v) is 2.50. The molecule has 1 aromatic rings. The Hall–Kier alpha value is -0.386. The molecule has 0 bridgehead atoms. The molecular formula is C7H7OSi2. The van der Waals surface area contributed by atoms with E-state index >= 15 is 0 Å². The van der Waals surface area contributed by atoms with E-state index in [-0.39, 0.29) is 0 Å². The molecule has 0 saturated heterocycles. The van der Waals surface area contributed by atoms with Gasteiger partial charge in [-0.3, -0.25) is 0 Å². The fourth-order valence-corrected chi connectivity index (χ4v) is 1.59. The third-order valence-electron chi connectivity index (χ3n) is 1.31. The number of hydrogen-bond donors (Lipinski definition) is 0. The van der Waals surface area contributed by atoms with Crippen molar-refractivity contribution in [1.29, 1.82) is 0 Å². The van der Waals surface area contributed by atoms with E-state index in [9.17, 15) is 0 Å². The molecule has 0 fully saturated rings. The molecule has 1 nitrogen and oxygen atoms in total. The summed E-state index contributed by atoms with van der Waals surface area (Å²) < 4.78 is 4.84. The van der Waals surface area contributed by atoms with Gasteiger partial charge in [0.1, 0.15) is 0 Å².